The second-order valence-corrected chi connectivity index (χ2v) is 3.34. The van der Waals surface area contributed by atoms with Crippen molar-refractivity contribution in [3.63, 3.8) is 0 Å². The molecule has 0 fully saturated rings. The van der Waals surface area contributed by atoms with E-state index in [1.807, 2.05) is 6.92 Å². The van der Waals surface area contributed by atoms with Crippen LogP contribution in [0, 0.1) is 18.3 Å². The van der Waals surface area contributed by atoms with Gasteiger partial charge in [0.25, 0.3) is 0 Å². The summed E-state index contributed by atoms with van der Waals surface area (Å²) in [5.74, 6) is 6.35. The van der Waals surface area contributed by atoms with Gasteiger partial charge in [0.1, 0.15) is 0 Å². The molecule has 0 heterocycles. The lowest BCUT2D eigenvalue weighted by molar-refractivity contribution is 0.123. The van der Waals surface area contributed by atoms with Crippen LogP contribution in [0.25, 0.3) is 0 Å². The first kappa shape index (κ1) is 10.3. The van der Waals surface area contributed by atoms with Crippen LogP contribution in [0.3, 0.4) is 0 Å². The predicted molar refractivity (Wildman–Crippen MR) is 55.1 cm³/mol. The van der Waals surface area contributed by atoms with Crippen LogP contribution in [0.2, 0.25) is 0 Å². The van der Waals surface area contributed by atoms with Gasteiger partial charge in [0.15, 0.2) is 0 Å². The second-order valence-electron chi connectivity index (χ2n) is 3.34. The molecule has 71 valence electrons. The minimum atomic E-state index is 0.253. The third kappa shape index (κ3) is 4.15. The predicted octanol–water partition coefficient (Wildman–Crippen LogP) is 2.73. The number of allylic oxidation sites excluding steroid dienone is 2. The standard InChI is InChI=1S/C12H17O/c1-11(13-2)7-6-10-12-8-4-3-5-9-12/h3,8,11H,4-5,7,9H2,1-2H3. The van der Waals surface area contributed by atoms with Crippen LogP contribution in [0.5, 0.6) is 0 Å². The second kappa shape index (κ2) is 5.83. The largest absolute Gasteiger partial charge is 0.381 e. The Kier molecular flexibility index (Phi) is 4.64. The fourth-order valence-electron chi connectivity index (χ4n) is 1.21. The van der Waals surface area contributed by atoms with Crippen LogP contribution in [0.1, 0.15) is 32.6 Å². The van der Waals surface area contributed by atoms with E-state index in [-0.39, 0.29) is 6.10 Å². The Labute approximate surface area is 81.2 Å². The first-order valence-electron chi connectivity index (χ1n) is 4.85. The summed E-state index contributed by atoms with van der Waals surface area (Å²) in [6, 6.07) is 0. The highest BCUT2D eigenvalue weighted by molar-refractivity contribution is 5.30. The van der Waals surface area contributed by atoms with Crippen molar-refractivity contribution < 1.29 is 4.74 Å². The first-order chi connectivity index (χ1) is 6.33. The van der Waals surface area contributed by atoms with Gasteiger partial charge < -0.3 is 4.74 Å². The van der Waals surface area contributed by atoms with Crippen LogP contribution in [0.15, 0.2) is 11.6 Å². The molecule has 1 nitrogen and oxygen atoms in total. The van der Waals surface area contributed by atoms with Crippen molar-refractivity contribution in [2.75, 3.05) is 7.11 Å². The summed E-state index contributed by atoms with van der Waals surface area (Å²) < 4.78 is 5.11. The lowest BCUT2D eigenvalue weighted by Gasteiger charge is -2.06. The van der Waals surface area contributed by atoms with Gasteiger partial charge in [-0.05, 0) is 38.2 Å². The van der Waals surface area contributed by atoms with Crippen molar-refractivity contribution in [1.82, 2.24) is 0 Å². The zero-order valence-corrected chi connectivity index (χ0v) is 8.47. The summed E-state index contributed by atoms with van der Waals surface area (Å²) >= 11 is 0. The van der Waals surface area contributed by atoms with E-state index in [1.54, 1.807) is 7.11 Å². The van der Waals surface area contributed by atoms with Crippen LogP contribution in [0.4, 0.5) is 0 Å². The van der Waals surface area contributed by atoms with Gasteiger partial charge in [-0.3, -0.25) is 0 Å². The maximum absolute atomic E-state index is 5.11. The number of methoxy groups -OCH3 is 1. The molecular weight excluding hydrogens is 160 g/mol. The van der Waals surface area contributed by atoms with Crippen molar-refractivity contribution in [2.24, 2.45) is 0 Å². The Bertz CT molecular complexity index is 229. The third-order valence-electron chi connectivity index (χ3n) is 2.19. The van der Waals surface area contributed by atoms with Crippen molar-refractivity contribution >= 4 is 0 Å². The van der Waals surface area contributed by atoms with Gasteiger partial charge in [-0.2, -0.15) is 0 Å². The first-order valence-corrected chi connectivity index (χ1v) is 4.85. The highest BCUT2D eigenvalue weighted by atomic mass is 16.5. The fourth-order valence-corrected chi connectivity index (χ4v) is 1.21. The molecule has 1 heteroatoms. The summed E-state index contributed by atoms with van der Waals surface area (Å²) in [5.41, 5.74) is 1.30. The molecule has 0 spiro atoms. The van der Waals surface area contributed by atoms with Crippen LogP contribution in [-0.4, -0.2) is 13.2 Å². The number of hydrogen-bond acceptors (Lipinski definition) is 1. The van der Waals surface area contributed by atoms with E-state index in [1.165, 1.54) is 12.0 Å². The molecule has 1 unspecified atom stereocenters. The molecule has 0 aliphatic heterocycles. The van der Waals surface area contributed by atoms with E-state index in [4.69, 9.17) is 4.74 Å². The van der Waals surface area contributed by atoms with Gasteiger partial charge in [0.2, 0.25) is 0 Å². The van der Waals surface area contributed by atoms with Crippen molar-refractivity contribution in [2.45, 2.75) is 38.7 Å². The van der Waals surface area contributed by atoms with Gasteiger partial charge >= 0.3 is 0 Å². The Morgan fingerprint density at radius 1 is 1.62 bits per heavy atom. The summed E-state index contributed by atoms with van der Waals surface area (Å²) in [4.78, 5) is 0. The number of hydrogen-bond donors (Lipinski definition) is 0. The van der Waals surface area contributed by atoms with E-state index >= 15 is 0 Å². The minimum absolute atomic E-state index is 0.253. The molecule has 0 bridgehead atoms. The van der Waals surface area contributed by atoms with Gasteiger partial charge in [-0.25, -0.2) is 0 Å². The SMILES string of the molecule is COC(C)CC#CC1=CC[CH]CC1. The Hall–Kier alpha value is -0.740. The molecule has 0 aromatic carbocycles. The molecule has 0 aromatic rings. The molecule has 13 heavy (non-hydrogen) atoms. The Balaban J connectivity index is 2.33. The van der Waals surface area contributed by atoms with Gasteiger partial charge in [-0.1, -0.05) is 17.9 Å². The smallest absolute Gasteiger partial charge is 0.0652 e. The van der Waals surface area contributed by atoms with E-state index in [9.17, 15) is 0 Å². The lowest BCUT2D eigenvalue weighted by atomic mass is 10.00. The molecule has 1 aliphatic carbocycles. The topological polar surface area (TPSA) is 9.23 Å². The molecule has 1 rings (SSSR count). The van der Waals surface area contributed by atoms with Crippen molar-refractivity contribution in [1.29, 1.82) is 0 Å². The quantitative estimate of drug-likeness (QED) is 0.589. The summed E-state index contributed by atoms with van der Waals surface area (Å²) in [5, 5.41) is 0. The van der Waals surface area contributed by atoms with Crippen molar-refractivity contribution in [3.05, 3.63) is 18.1 Å². The van der Waals surface area contributed by atoms with Gasteiger partial charge in [-0.15, -0.1) is 0 Å². The highest BCUT2D eigenvalue weighted by Gasteiger charge is 2.00. The molecule has 1 radical (unpaired) electrons. The highest BCUT2D eigenvalue weighted by Crippen LogP contribution is 2.15. The summed E-state index contributed by atoms with van der Waals surface area (Å²) in [6.45, 7) is 2.04. The minimum Gasteiger partial charge on any atom is -0.381 e. The molecule has 0 amide bonds. The summed E-state index contributed by atoms with van der Waals surface area (Å²) in [6.07, 6.45) is 8.98. The fraction of sp³-hybridized carbons (Fsp3) is 0.583. The zero-order chi connectivity index (χ0) is 9.52. The molecule has 0 saturated heterocycles. The van der Waals surface area contributed by atoms with Crippen LogP contribution >= 0.6 is 0 Å². The Morgan fingerprint density at radius 3 is 3.08 bits per heavy atom. The average Bonchev–Trinajstić information content (AvgIpc) is 2.19. The van der Waals surface area contributed by atoms with E-state index in [2.05, 4.69) is 24.3 Å². The lowest BCUT2D eigenvalue weighted by Crippen LogP contribution is -2.02. The maximum atomic E-state index is 5.11. The Morgan fingerprint density at radius 2 is 2.46 bits per heavy atom. The van der Waals surface area contributed by atoms with E-state index < -0.39 is 0 Å². The molecule has 0 N–H and O–H groups in total. The van der Waals surface area contributed by atoms with Crippen molar-refractivity contribution in [3.8, 4) is 11.8 Å². The van der Waals surface area contributed by atoms with Gasteiger partial charge in [0, 0.05) is 13.5 Å². The van der Waals surface area contributed by atoms with E-state index in [0.717, 1.165) is 19.3 Å². The molecule has 0 saturated carbocycles. The van der Waals surface area contributed by atoms with Crippen LogP contribution < -0.4 is 0 Å². The maximum Gasteiger partial charge on any atom is 0.0652 e. The normalized spacial score (nSPS) is 18.5. The summed E-state index contributed by atoms with van der Waals surface area (Å²) in [7, 11) is 1.72. The van der Waals surface area contributed by atoms with Gasteiger partial charge in [0.05, 0.1) is 6.10 Å². The molecule has 1 atom stereocenters. The number of rotatable bonds is 2. The van der Waals surface area contributed by atoms with Crippen LogP contribution in [-0.2, 0) is 4.74 Å². The number of ether oxygens (including phenoxy) is 1. The van der Waals surface area contributed by atoms with E-state index in [0.29, 0.717) is 0 Å². The third-order valence-corrected chi connectivity index (χ3v) is 2.19. The average molecular weight is 177 g/mol. The monoisotopic (exact) mass is 177 g/mol. The molecule has 1 aliphatic rings. The zero-order valence-electron chi connectivity index (χ0n) is 8.47. The molecular formula is C12H17O. The molecule has 0 aromatic heterocycles.